The summed E-state index contributed by atoms with van der Waals surface area (Å²) >= 11 is 5.80. The second-order valence-corrected chi connectivity index (χ2v) is 8.26. The first-order valence-electron chi connectivity index (χ1n) is 8.55. The molecule has 14 nitrogen and oxygen atoms in total. The lowest BCUT2D eigenvalue weighted by Gasteiger charge is -2.20. The van der Waals surface area contributed by atoms with E-state index in [4.69, 9.17) is 26.8 Å². The van der Waals surface area contributed by atoms with Gasteiger partial charge in [0.1, 0.15) is 23.8 Å². The van der Waals surface area contributed by atoms with Gasteiger partial charge in [0.15, 0.2) is 17.7 Å². The van der Waals surface area contributed by atoms with Crippen LogP contribution in [0.1, 0.15) is 13.2 Å². The highest BCUT2D eigenvalue weighted by atomic mass is 35.5. The molecule has 0 saturated carbocycles. The number of rotatable bonds is 7. The van der Waals surface area contributed by atoms with Gasteiger partial charge in [-0.15, -0.1) is 0 Å². The van der Waals surface area contributed by atoms with Crippen LogP contribution in [0.3, 0.4) is 0 Å². The van der Waals surface area contributed by atoms with Crippen LogP contribution in [0.2, 0.25) is 5.28 Å². The molecule has 5 atom stereocenters. The van der Waals surface area contributed by atoms with Crippen molar-refractivity contribution in [3.05, 3.63) is 11.6 Å². The van der Waals surface area contributed by atoms with Crippen molar-refractivity contribution in [3.63, 3.8) is 0 Å². The minimum atomic E-state index is -5.02. The largest absolute Gasteiger partial charge is 0.464 e. The lowest BCUT2D eigenvalue weighted by atomic mass is 10.1. The van der Waals surface area contributed by atoms with Crippen molar-refractivity contribution in [2.75, 3.05) is 18.9 Å². The molecular weight excluding hydrogens is 449 g/mol. The average molecular weight is 468 g/mol. The Labute approximate surface area is 173 Å². The van der Waals surface area contributed by atoms with E-state index in [1.165, 1.54) is 17.8 Å². The van der Waals surface area contributed by atoms with Gasteiger partial charge < -0.3 is 39.9 Å². The zero-order valence-corrected chi connectivity index (χ0v) is 17.1. The van der Waals surface area contributed by atoms with Crippen molar-refractivity contribution in [2.45, 2.75) is 37.3 Å². The third-order valence-corrected chi connectivity index (χ3v) is 5.38. The van der Waals surface area contributed by atoms with E-state index in [1.54, 1.807) is 0 Å². The van der Waals surface area contributed by atoms with E-state index in [9.17, 15) is 29.4 Å². The molecule has 0 bridgehead atoms. The van der Waals surface area contributed by atoms with E-state index in [0.29, 0.717) is 0 Å². The Hall–Kier alpha value is -1.90. The monoisotopic (exact) mass is 467 g/mol. The van der Waals surface area contributed by atoms with Gasteiger partial charge in [-0.3, -0.25) is 9.13 Å². The summed E-state index contributed by atoms with van der Waals surface area (Å²) in [4.78, 5) is 42.2. The van der Waals surface area contributed by atoms with Gasteiger partial charge in [-0.1, -0.05) is 0 Å². The number of aromatic nitrogens is 4. The number of nitrogens with zero attached hydrogens (tertiary/aromatic N) is 4. The van der Waals surface area contributed by atoms with Gasteiger partial charge in [0.2, 0.25) is 5.28 Å². The molecule has 30 heavy (non-hydrogen) atoms. The number of carbonyl (C=O) groups excluding carboxylic acids is 1. The van der Waals surface area contributed by atoms with Crippen LogP contribution in [-0.2, 0) is 23.6 Å². The number of fused-ring (bicyclic) bond motifs is 1. The molecule has 6 N–H and O–H groups in total. The number of hydrogen-bond acceptors (Lipinski definition) is 11. The molecule has 1 aliphatic heterocycles. The quantitative estimate of drug-likeness (QED) is 0.183. The van der Waals surface area contributed by atoms with E-state index in [2.05, 4.69) is 19.7 Å². The van der Waals surface area contributed by atoms with Crippen molar-refractivity contribution in [1.29, 1.82) is 0 Å². The number of imidazole rings is 1. The highest BCUT2D eigenvalue weighted by molar-refractivity contribution is 7.53. The summed E-state index contributed by atoms with van der Waals surface area (Å²) in [5.41, 5.74) is 6.05. The average Bonchev–Trinajstić information content (AvgIpc) is 3.17. The lowest BCUT2D eigenvalue weighted by molar-refractivity contribution is -0.155. The Balaban J connectivity index is 1.79. The second kappa shape index (κ2) is 8.69. The molecule has 3 rings (SSSR count). The summed E-state index contributed by atoms with van der Waals surface area (Å²) in [6.45, 7) is 0.703. The summed E-state index contributed by atoms with van der Waals surface area (Å²) in [5, 5.41) is 20.5. The molecule has 0 aliphatic carbocycles. The molecule has 0 radical (unpaired) electrons. The van der Waals surface area contributed by atoms with Crippen LogP contribution < -0.4 is 5.73 Å². The van der Waals surface area contributed by atoms with Crippen molar-refractivity contribution in [3.8, 4) is 0 Å². The predicted octanol–water partition coefficient (Wildman–Crippen LogP) is -1.24. The molecule has 16 heteroatoms. The van der Waals surface area contributed by atoms with Gasteiger partial charge in [-0.05, 0) is 18.5 Å². The van der Waals surface area contributed by atoms with E-state index < -0.39 is 50.6 Å². The van der Waals surface area contributed by atoms with Crippen LogP contribution in [0, 0.1) is 0 Å². The number of anilines is 1. The van der Waals surface area contributed by atoms with Crippen LogP contribution in [0.25, 0.3) is 11.2 Å². The van der Waals surface area contributed by atoms with E-state index in [-0.39, 0.29) is 28.9 Å². The third kappa shape index (κ3) is 4.40. The van der Waals surface area contributed by atoms with Gasteiger partial charge in [0.05, 0.1) is 19.5 Å². The Morgan fingerprint density at radius 1 is 1.40 bits per heavy atom. The Morgan fingerprint density at radius 2 is 2.10 bits per heavy atom. The standard InChI is InChI=1S/C14H19ClN5O9P/c1-2-27-12(23)13(30(24,25)26)28-3-5-7(21)8(22)11(29-5)20-4-17-6-9(16)18-14(15)19-10(6)20/h4-5,7-8,11,13,21-22H,2-3H2,1H3,(H2,16,18,19)(H2,24,25,26). The zero-order valence-electron chi connectivity index (χ0n) is 15.4. The topological polar surface area (TPSA) is 212 Å². The van der Waals surface area contributed by atoms with Crippen LogP contribution in [0.4, 0.5) is 5.82 Å². The summed E-state index contributed by atoms with van der Waals surface area (Å²) in [5.74, 6) is -3.47. The van der Waals surface area contributed by atoms with Gasteiger partial charge in [-0.2, -0.15) is 9.97 Å². The predicted molar refractivity (Wildman–Crippen MR) is 99.1 cm³/mol. The fourth-order valence-electron chi connectivity index (χ4n) is 2.90. The van der Waals surface area contributed by atoms with E-state index >= 15 is 0 Å². The maximum atomic E-state index is 11.8. The van der Waals surface area contributed by atoms with Crippen molar-refractivity contribution < 1.29 is 43.6 Å². The number of ether oxygens (including phenoxy) is 3. The number of nitrogen functional groups attached to an aromatic ring is 1. The lowest BCUT2D eigenvalue weighted by Crippen LogP contribution is -2.36. The van der Waals surface area contributed by atoms with Crippen molar-refractivity contribution in [1.82, 2.24) is 19.5 Å². The number of halogens is 1. The molecule has 0 aromatic carbocycles. The molecule has 1 saturated heterocycles. The number of carbonyl (C=O) groups is 1. The maximum Gasteiger partial charge on any atom is 0.365 e. The molecule has 2 aromatic rings. The summed E-state index contributed by atoms with van der Waals surface area (Å²) in [7, 11) is -5.02. The normalized spacial score (nSPS) is 25.5. The first-order chi connectivity index (χ1) is 14.0. The third-order valence-electron chi connectivity index (χ3n) is 4.24. The highest BCUT2D eigenvalue weighted by Gasteiger charge is 2.46. The number of esters is 1. The van der Waals surface area contributed by atoms with Crippen molar-refractivity contribution >= 4 is 42.1 Å². The zero-order chi connectivity index (χ0) is 22.2. The minimum Gasteiger partial charge on any atom is -0.464 e. The maximum absolute atomic E-state index is 11.8. The first-order valence-corrected chi connectivity index (χ1v) is 10.6. The van der Waals surface area contributed by atoms with Gasteiger partial charge in [0, 0.05) is 0 Å². The molecule has 5 unspecified atom stereocenters. The Bertz CT molecular complexity index is 984. The fraction of sp³-hybridized carbons (Fsp3) is 0.571. The van der Waals surface area contributed by atoms with Gasteiger partial charge in [-0.25, -0.2) is 9.78 Å². The van der Waals surface area contributed by atoms with Crippen LogP contribution in [0.5, 0.6) is 0 Å². The summed E-state index contributed by atoms with van der Waals surface area (Å²) < 4.78 is 27.9. The Kier molecular flexibility index (Phi) is 6.60. The fourth-order valence-corrected chi connectivity index (χ4v) is 3.70. The minimum absolute atomic E-state index is 0.00408. The second-order valence-electron chi connectivity index (χ2n) is 6.28. The molecule has 166 valence electrons. The smallest absolute Gasteiger partial charge is 0.365 e. The number of aliphatic hydroxyl groups is 2. The van der Waals surface area contributed by atoms with Gasteiger partial charge in [0.25, 0.3) is 5.85 Å². The highest BCUT2D eigenvalue weighted by Crippen LogP contribution is 2.43. The van der Waals surface area contributed by atoms with E-state index in [0.717, 1.165) is 0 Å². The van der Waals surface area contributed by atoms with Crippen molar-refractivity contribution in [2.24, 2.45) is 0 Å². The van der Waals surface area contributed by atoms with Crippen LogP contribution in [0.15, 0.2) is 6.33 Å². The Morgan fingerprint density at radius 3 is 2.73 bits per heavy atom. The number of nitrogens with two attached hydrogens (primary N) is 1. The number of hydrogen-bond donors (Lipinski definition) is 5. The van der Waals surface area contributed by atoms with Gasteiger partial charge >= 0.3 is 13.6 Å². The summed E-state index contributed by atoms with van der Waals surface area (Å²) in [6.07, 6.45) is -4.24. The molecule has 0 spiro atoms. The SMILES string of the molecule is CCOC(=O)C(OCC1OC(n2cnc3c(N)nc(Cl)nc32)C(O)C1O)P(=O)(O)O. The van der Waals surface area contributed by atoms with E-state index in [1.807, 2.05) is 0 Å². The molecule has 2 aromatic heterocycles. The first kappa shape index (κ1) is 22.8. The molecule has 3 heterocycles. The summed E-state index contributed by atoms with van der Waals surface area (Å²) in [6, 6.07) is 0. The molecule has 1 fully saturated rings. The molecular formula is C14H19ClN5O9P. The van der Waals surface area contributed by atoms with Crippen LogP contribution >= 0.6 is 19.2 Å². The number of aliphatic hydroxyl groups excluding tert-OH is 2. The molecule has 0 amide bonds. The molecule has 1 aliphatic rings. The van der Waals surface area contributed by atoms with Crippen LogP contribution in [-0.4, -0.2) is 82.9 Å².